The molecule has 1 aromatic heterocycles. The summed E-state index contributed by atoms with van der Waals surface area (Å²) in [5, 5.41) is 3.99. The second-order valence-corrected chi connectivity index (χ2v) is 6.37. The molecule has 1 saturated carbocycles. The molecule has 1 aliphatic carbocycles. The van der Waals surface area contributed by atoms with Crippen molar-refractivity contribution in [1.29, 1.82) is 0 Å². The molecule has 0 aromatic carbocycles. The molecular formula is C15H23N3O3. The van der Waals surface area contributed by atoms with Crippen LogP contribution in [0.3, 0.4) is 0 Å². The maximum Gasteiger partial charge on any atom is 0.254 e. The lowest BCUT2D eigenvalue weighted by atomic mass is 9.85. The summed E-state index contributed by atoms with van der Waals surface area (Å²) < 4.78 is 11.0. The lowest BCUT2D eigenvalue weighted by Crippen LogP contribution is -2.48. The van der Waals surface area contributed by atoms with Gasteiger partial charge in [-0.25, -0.2) is 0 Å². The molecule has 116 valence electrons. The highest BCUT2D eigenvalue weighted by Gasteiger charge is 2.38. The highest BCUT2D eigenvalue weighted by atomic mass is 16.5. The quantitative estimate of drug-likeness (QED) is 0.851. The van der Waals surface area contributed by atoms with Gasteiger partial charge in [0, 0.05) is 19.6 Å². The second kappa shape index (κ2) is 5.75. The first-order valence-electron chi connectivity index (χ1n) is 7.80. The molecule has 6 heteroatoms. The van der Waals surface area contributed by atoms with E-state index in [-0.39, 0.29) is 5.91 Å². The van der Waals surface area contributed by atoms with Crippen molar-refractivity contribution in [3.8, 4) is 0 Å². The van der Waals surface area contributed by atoms with Gasteiger partial charge in [0.1, 0.15) is 5.60 Å². The van der Waals surface area contributed by atoms with Crippen molar-refractivity contribution in [3.63, 3.8) is 0 Å². The van der Waals surface area contributed by atoms with E-state index in [0.717, 1.165) is 38.0 Å². The van der Waals surface area contributed by atoms with Crippen molar-refractivity contribution in [2.75, 3.05) is 13.7 Å². The normalized spacial score (nSPS) is 26.4. The molecule has 2 fully saturated rings. The summed E-state index contributed by atoms with van der Waals surface area (Å²) in [7, 11) is 1.77. The molecule has 1 amide bonds. The van der Waals surface area contributed by atoms with E-state index in [0.29, 0.717) is 24.9 Å². The van der Waals surface area contributed by atoms with Gasteiger partial charge in [0.05, 0.1) is 6.54 Å². The van der Waals surface area contributed by atoms with Crippen LogP contribution in [0, 0.1) is 0 Å². The van der Waals surface area contributed by atoms with Gasteiger partial charge in [-0.3, -0.25) is 4.79 Å². The number of hydrogen-bond acceptors (Lipinski definition) is 5. The molecule has 0 unspecified atom stereocenters. The van der Waals surface area contributed by atoms with E-state index in [1.165, 1.54) is 6.42 Å². The monoisotopic (exact) mass is 293 g/mol. The van der Waals surface area contributed by atoms with E-state index in [1.54, 1.807) is 11.9 Å². The van der Waals surface area contributed by atoms with Crippen LogP contribution in [0.15, 0.2) is 4.52 Å². The molecule has 21 heavy (non-hydrogen) atoms. The number of nitrogens with zero attached hydrogens (tertiary/aromatic N) is 3. The van der Waals surface area contributed by atoms with Gasteiger partial charge in [0.2, 0.25) is 5.89 Å². The minimum absolute atomic E-state index is 0.00260. The predicted molar refractivity (Wildman–Crippen MR) is 75.6 cm³/mol. The topological polar surface area (TPSA) is 68.5 Å². The van der Waals surface area contributed by atoms with Crippen LogP contribution >= 0.6 is 0 Å². The third kappa shape index (κ3) is 2.95. The van der Waals surface area contributed by atoms with Gasteiger partial charge < -0.3 is 14.2 Å². The molecule has 0 N–H and O–H groups in total. The van der Waals surface area contributed by atoms with Gasteiger partial charge in [-0.05, 0) is 39.0 Å². The Morgan fingerprint density at radius 3 is 2.81 bits per heavy atom. The number of ether oxygens (including phenoxy) is 1. The molecule has 6 nitrogen and oxygen atoms in total. The van der Waals surface area contributed by atoms with Gasteiger partial charge in [0.15, 0.2) is 5.82 Å². The number of hydrogen-bond donors (Lipinski definition) is 0. The number of rotatable bonds is 4. The molecule has 3 rings (SSSR count). The van der Waals surface area contributed by atoms with Crippen LogP contribution in [0.25, 0.3) is 0 Å². The molecule has 1 aliphatic heterocycles. The number of amides is 1. The molecule has 2 aliphatic rings. The maximum absolute atomic E-state index is 12.5. The Bertz CT molecular complexity index is 504. The second-order valence-electron chi connectivity index (χ2n) is 6.37. The van der Waals surface area contributed by atoms with Crippen molar-refractivity contribution >= 4 is 5.91 Å². The molecule has 0 radical (unpaired) electrons. The highest BCUT2D eigenvalue weighted by Crippen LogP contribution is 2.35. The lowest BCUT2D eigenvalue weighted by Gasteiger charge is -2.35. The van der Waals surface area contributed by atoms with Crippen LogP contribution in [-0.4, -0.2) is 40.2 Å². The molecule has 1 aromatic rings. The van der Waals surface area contributed by atoms with E-state index in [9.17, 15) is 4.79 Å². The van der Waals surface area contributed by atoms with Crippen LogP contribution in [0.5, 0.6) is 0 Å². The van der Waals surface area contributed by atoms with Crippen molar-refractivity contribution in [2.24, 2.45) is 0 Å². The number of carbonyl (C=O) groups is 1. The van der Waals surface area contributed by atoms with E-state index in [1.807, 2.05) is 6.92 Å². The first-order valence-corrected chi connectivity index (χ1v) is 7.80. The Morgan fingerprint density at radius 2 is 2.19 bits per heavy atom. The summed E-state index contributed by atoms with van der Waals surface area (Å²) in [5.41, 5.74) is -0.701. The largest absolute Gasteiger partial charge is 0.365 e. The fourth-order valence-electron chi connectivity index (χ4n) is 2.94. The zero-order valence-electron chi connectivity index (χ0n) is 12.8. The Labute approximate surface area is 124 Å². The fraction of sp³-hybridized carbons (Fsp3) is 0.800. The van der Waals surface area contributed by atoms with Gasteiger partial charge in [0.25, 0.3) is 5.91 Å². The van der Waals surface area contributed by atoms with Crippen LogP contribution in [0.4, 0.5) is 0 Å². The summed E-state index contributed by atoms with van der Waals surface area (Å²) in [4.78, 5) is 18.6. The van der Waals surface area contributed by atoms with E-state index >= 15 is 0 Å². The molecule has 2 heterocycles. The lowest BCUT2D eigenvalue weighted by molar-refractivity contribution is -0.161. The fourth-order valence-corrected chi connectivity index (χ4v) is 2.94. The number of aromatic nitrogens is 2. The van der Waals surface area contributed by atoms with Crippen molar-refractivity contribution in [1.82, 2.24) is 15.0 Å². The minimum Gasteiger partial charge on any atom is -0.365 e. The number of likely N-dealkylation sites (N-methyl/N-ethyl adjacent to an activating group) is 1. The van der Waals surface area contributed by atoms with Crippen LogP contribution in [0.2, 0.25) is 0 Å². The third-order valence-electron chi connectivity index (χ3n) is 4.58. The van der Waals surface area contributed by atoms with Crippen LogP contribution in [-0.2, 0) is 16.1 Å². The average Bonchev–Trinajstić information content (AvgIpc) is 2.84. The van der Waals surface area contributed by atoms with Crippen molar-refractivity contribution in [3.05, 3.63) is 11.7 Å². The Balaban J connectivity index is 1.61. The molecule has 1 saturated heterocycles. The van der Waals surface area contributed by atoms with Crippen LogP contribution in [0.1, 0.15) is 63.1 Å². The summed E-state index contributed by atoms with van der Waals surface area (Å²) in [5.74, 6) is 1.72. The van der Waals surface area contributed by atoms with Crippen molar-refractivity contribution < 1.29 is 14.1 Å². The smallest absolute Gasteiger partial charge is 0.254 e. The SMILES string of the molecule is CN(Cc1noc(C2CCC2)n1)C(=O)[C@@]1(C)CCCCO1. The van der Waals surface area contributed by atoms with E-state index < -0.39 is 5.60 Å². The van der Waals surface area contributed by atoms with Gasteiger partial charge in [-0.2, -0.15) is 4.98 Å². The Morgan fingerprint density at radius 1 is 1.38 bits per heavy atom. The standard InChI is InChI=1S/C15H23N3O3/c1-15(8-3-4-9-20-15)14(19)18(2)10-12-16-13(21-17-12)11-6-5-7-11/h11H,3-10H2,1-2H3/t15-/m1/s1. The molecular weight excluding hydrogens is 270 g/mol. The summed E-state index contributed by atoms with van der Waals surface area (Å²) in [6.07, 6.45) is 6.32. The zero-order valence-corrected chi connectivity index (χ0v) is 12.8. The Hall–Kier alpha value is -1.43. The van der Waals surface area contributed by atoms with Crippen LogP contribution < -0.4 is 0 Å². The van der Waals surface area contributed by atoms with Gasteiger partial charge in [-0.1, -0.05) is 11.6 Å². The predicted octanol–water partition coefficient (Wildman–Crippen LogP) is 2.25. The first kappa shape index (κ1) is 14.5. The van der Waals surface area contributed by atoms with E-state index in [4.69, 9.17) is 9.26 Å². The molecule has 0 spiro atoms. The molecule has 1 atom stereocenters. The maximum atomic E-state index is 12.5. The summed E-state index contributed by atoms with van der Waals surface area (Å²) >= 11 is 0. The third-order valence-corrected chi connectivity index (χ3v) is 4.58. The first-order chi connectivity index (χ1) is 10.1. The average molecular weight is 293 g/mol. The van der Waals surface area contributed by atoms with E-state index in [2.05, 4.69) is 10.1 Å². The van der Waals surface area contributed by atoms with Gasteiger partial charge >= 0.3 is 0 Å². The zero-order chi connectivity index (χ0) is 14.9. The van der Waals surface area contributed by atoms with Gasteiger partial charge in [-0.15, -0.1) is 0 Å². The molecule has 0 bridgehead atoms. The summed E-state index contributed by atoms with van der Waals surface area (Å²) in [6, 6.07) is 0. The number of carbonyl (C=O) groups excluding carboxylic acids is 1. The summed E-state index contributed by atoms with van der Waals surface area (Å²) in [6.45, 7) is 2.90. The highest BCUT2D eigenvalue weighted by molar-refractivity contribution is 5.84. The minimum atomic E-state index is -0.701. The van der Waals surface area contributed by atoms with Crippen molar-refractivity contribution in [2.45, 2.75) is 63.5 Å². The Kier molecular flexibility index (Phi) is 3.97.